The summed E-state index contributed by atoms with van der Waals surface area (Å²) in [6.07, 6.45) is 1.44. The molecule has 0 aliphatic rings. The van der Waals surface area contributed by atoms with E-state index in [2.05, 4.69) is 29.0 Å². The quantitative estimate of drug-likeness (QED) is 0.805. The lowest BCUT2D eigenvalue weighted by molar-refractivity contribution is 0.411. The second-order valence-corrected chi connectivity index (χ2v) is 4.66. The monoisotopic (exact) mass is 277 g/mol. The average Bonchev–Trinajstić information content (AvgIpc) is 2.41. The van der Waals surface area contributed by atoms with E-state index in [1.165, 1.54) is 17.5 Å². The van der Waals surface area contributed by atoms with Gasteiger partial charge in [-0.05, 0) is 18.1 Å². The van der Waals surface area contributed by atoms with E-state index in [-0.39, 0.29) is 0 Å². The zero-order chi connectivity index (χ0) is 13.8. The lowest BCUT2D eigenvalue weighted by Crippen LogP contribution is -2.19. The first-order valence-electron chi connectivity index (χ1n) is 5.93. The van der Waals surface area contributed by atoms with Crippen molar-refractivity contribution in [1.82, 2.24) is 9.97 Å². The van der Waals surface area contributed by atoms with Crippen LogP contribution in [0.2, 0.25) is 5.15 Å². The molecule has 2 aromatic rings. The van der Waals surface area contributed by atoms with Gasteiger partial charge in [-0.25, -0.2) is 9.97 Å². The highest BCUT2D eigenvalue weighted by atomic mass is 35.5. The fourth-order valence-corrected chi connectivity index (χ4v) is 2.11. The number of aryl methyl sites for hydroxylation is 1. The first-order valence-corrected chi connectivity index (χ1v) is 6.31. The van der Waals surface area contributed by atoms with Crippen LogP contribution in [-0.4, -0.2) is 24.1 Å². The van der Waals surface area contributed by atoms with Gasteiger partial charge in [0.25, 0.3) is 0 Å². The van der Waals surface area contributed by atoms with E-state index in [1.54, 1.807) is 7.11 Å². The number of nitrogens with zero attached hydrogens (tertiary/aromatic N) is 3. The second kappa shape index (κ2) is 5.89. The molecule has 0 amide bonds. The summed E-state index contributed by atoms with van der Waals surface area (Å²) < 4.78 is 5.27. The third-order valence-electron chi connectivity index (χ3n) is 2.98. The van der Waals surface area contributed by atoms with E-state index in [4.69, 9.17) is 16.3 Å². The summed E-state index contributed by atoms with van der Waals surface area (Å²) in [5.41, 5.74) is 2.48. The molecule has 0 radical (unpaired) electrons. The van der Waals surface area contributed by atoms with Crippen LogP contribution in [0, 0.1) is 6.92 Å². The third kappa shape index (κ3) is 2.96. The smallest absolute Gasteiger partial charge is 0.199 e. The molecule has 0 spiro atoms. The van der Waals surface area contributed by atoms with Crippen molar-refractivity contribution in [2.24, 2.45) is 0 Å². The Morgan fingerprint density at radius 3 is 2.68 bits per heavy atom. The lowest BCUT2D eigenvalue weighted by atomic mass is 10.1. The Labute approximate surface area is 118 Å². The number of aromatic nitrogens is 2. The number of halogens is 1. The molecule has 0 saturated heterocycles. The van der Waals surface area contributed by atoms with Crippen molar-refractivity contribution < 1.29 is 4.74 Å². The van der Waals surface area contributed by atoms with Gasteiger partial charge in [0.05, 0.1) is 7.11 Å². The highest BCUT2D eigenvalue weighted by Gasteiger charge is 2.15. The summed E-state index contributed by atoms with van der Waals surface area (Å²) in [5.74, 6) is 1.19. The zero-order valence-electron chi connectivity index (χ0n) is 11.2. The molecule has 0 bridgehead atoms. The van der Waals surface area contributed by atoms with Gasteiger partial charge in [-0.3, -0.25) is 0 Å². The van der Waals surface area contributed by atoms with Crippen LogP contribution in [0.5, 0.6) is 5.75 Å². The van der Waals surface area contributed by atoms with Crippen molar-refractivity contribution in [3.8, 4) is 5.75 Å². The maximum Gasteiger partial charge on any atom is 0.199 e. The van der Waals surface area contributed by atoms with Gasteiger partial charge in [0.2, 0.25) is 0 Å². The summed E-state index contributed by atoms with van der Waals surface area (Å²) in [6.45, 7) is 2.82. The van der Waals surface area contributed by atoms with Crippen molar-refractivity contribution >= 4 is 17.4 Å². The molecule has 5 heteroatoms. The summed E-state index contributed by atoms with van der Waals surface area (Å²) in [4.78, 5) is 10.2. The molecule has 1 heterocycles. The summed E-state index contributed by atoms with van der Waals surface area (Å²) in [6, 6.07) is 8.25. The number of methoxy groups -OCH3 is 1. The fraction of sp³-hybridized carbons (Fsp3) is 0.286. The van der Waals surface area contributed by atoms with Crippen LogP contribution >= 0.6 is 11.6 Å². The molecule has 100 valence electrons. The van der Waals surface area contributed by atoms with Gasteiger partial charge in [-0.1, -0.05) is 35.9 Å². The van der Waals surface area contributed by atoms with Crippen LogP contribution in [0.1, 0.15) is 11.1 Å². The van der Waals surface area contributed by atoms with Gasteiger partial charge in [0.1, 0.15) is 6.33 Å². The minimum atomic E-state index is 0.323. The number of hydrogen-bond donors (Lipinski definition) is 0. The highest BCUT2D eigenvalue weighted by Crippen LogP contribution is 2.31. The second-order valence-electron chi connectivity index (χ2n) is 4.30. The van der Waals surface area contributed by atoms with Crippen LogP contribution in [-0.2, 0) is 6.54 Å². The number of rotatable bonds is 4. The Hall–Kier alpha value is -1.81. The fourth-order valence-electron chi connectivity index (χ4n) is 1.91. The highest BCUT2D eigenvalue weighted by molar-refractivity contribution is 6.31. The standard InChI is InChI=1S/C14H16ClN3O/c1-10-6-4-5-7-11(10)8-18(2)14-12(19-3)13(15)16-9-17-14/h4-7,9H,8H2,1-3H3. The normalized spacial score (nSPS) is 10.3. The molecule has 2 rings (SSSR count). The number of benzene rings is 1. The Kier molecular flexibility index (Phi) is 4.22. The van der Waals surface area contributed by atoms with Crippen LogP contribution in [0.15, 0.2) is 30.6 Å². The van der Waals surface area contributed by atoms with Crippen molar-refractivity contribution in [2.75, 3.05) is 19.1 Å². The van der Waals surface area contributed by atoms with Gasteiger partial charge in [0.15, 0.2) is 16.7 Å². The molecule has 19 heavy (non-hydrogen) atoms. The summed E-state index contributed by atoms with van der Waals surface area (Å²) >= 11 is 6.01. The molecule has 1 aromatic carbocycles. The Morgan fingerprint density at radius 2 is 2.00 bits per heavy atom. The molecular formula is C14H16ClN3O. The van der Waals surface area contributed by atoms with Gasteiger partial charge in [0, 0.05) is 13.6 Å². The number of anilines is 1. The van der Waals surface area contributed by atoms with Gasteiger partial charge in [-0.15, -0.1) is 0 Å². The third-order valence-corrected chi connectivity index (χ3v) is 3.25. The molecule has 1 aromatic heterocycles. The molecule has 4 nitrogen and oxygen atoms in total. The Bertz CT molecular complexity index is 574. The largest absolute Gasteiger partial charge is 0.490 e. The van der Waals surface area contributed by atoms with Crippen LogP contribution in [0.4, 0.5) is 5.82 Å². The molecule has 0 unspecified atom stereocenters. The Balaban J connectivity index is 2.28. The SMILES string of the molecule is COc1c(Cl)ncnc1N(C)Cc1ccccc1C. The predicted molar refractivity (Wildman–Crippen MR) is 76.9 cm³/mol. The van der Waals surface area contributed by atoms with Gasteiger partial charge in [-0.2, -0.15) is 0 Å². The minimum absolute atomic E-state index is 0.323. The topological polar surface area (TPSA) is 38.3 Å². The number of ether oxygens (including phenoxy) is 1. The van der Waals surface area contributed by atoms with E-state index in [0.29, 0.717) is 16.7 Å². The van der Waals surface area contributed by atoms with Gasteiger partial charge < -0.3 is 9.64 Å². The zero-order valence-corrected chi connectivity index (χ0v) is 12.0. The maximum absolute atomic E-state index is 6.01. The molecule has 0 aliphatic carbocycles. The lowest BCUT2D eigenvalue weighted by Gasteiger charge is -2.21. The molecule has 0 atom stereocenters. The van der Waals surface area contributed by atoms with E-state index in [0.717, 1.165) is 6.54 Å². The van der Waals surface area contributed by atoms with Crippen LogP contribution < -0.4 is 9.64 Å². The number of hydrogen-bond acceptors (Lipinski definition) is 4. The van der Waals surface area contributed by atoms with E-state index < -0.39 is 0 Å². The van der Waals surface area contributed by atoms with E-state index in [1.807, 2.05) is 24.1 Å². The molecular weight excluding hydrogens is 262 g/mol. The van der Waals surface area contributed by atoms with Crippen LogP contribution in [0.25, 0.3) is 0 Å². The van der Waals surface area contributed by atoms with Crippen molar-refractivity contribution in [2.45, 2.75) is 13.5 Å². The molecule has 0 aliphatic heterocycles. The van der Waals surface area contributed by atoms with Gasteiger partial charge >= 0.3 is 0 Å². The molecule has 0 fully saturated rings. The maximum atomic E-state index is 6.01. The van der Waals surface area contributed by atoms with Crippen molar-refractivity contribution in [3.05, 3.63) is 46.9 Å². The summed E-state index contributed by atoms with van der Waals surface area (Å²) in [7, 11) is 3.52. The molecule has 0 saturated carbocycles. The van der Waals surface area contributed by atoms with Crippen LogP contribution in [0.3, 0.4) is 0 Å². The average molecular weight is 278 g/mol. The first-order chi connectivity index (χ1) is 9.13. The minimum Gasteiger partial charge on any atom is -0.490 e. The van der Waals surface area contributed by atoms with Crippen molar-refractivity contribution in [3.63, 3.8) is 0 Å². The van der Waals surface area contributed by atoms with E-state index >= 15 is 0 Å². The first kappa shape index (κ1) is 13.6. The van der Waals surface area contributed by atoms with Crippen molar-refractivity contribution in [1.29, 1.82) is 0 Å². The predicted octanol–water partition coefficient (Wildman–Crippen LogP) is 3.08. The summed E-state index contributed by atoms with van der Waals surface area (Å²) in [5, 5.41) is 0.323. The Morgan fingerprint density at radius 1 is 1.26 bits per heavy atom. The van der Waals surface area contributed by atoms with E-state index in [9.17, 15) is 0 Å². The molecule has 0 N–H and O–H groups in total.